The third-order valence-corrected chi connectivity index (χ3v) is 5.27. The molecule has 2 aliphatic rings. The van der Waals surface area contributed by atoms with E-state index in [-0.39, 0.29) is 23.9 Å². The number of phenolic OH excluding ortho intramolecular Hbond substituents is 1. The van der Waals surface area contributed by atoms with Gasteiger partial charge in [0.25, 0.3) is 0 Å². The van der Waals surface area contributed by atoms with Gasteiger partial charge in [0, 0.05) is 30.9 Å². The van der Waals surface area contributed by atoms with Crippen LogP contribution in [0.2, 0.25) is 0 Å². The van der Waals surface area contributed by atoms with Gasteiger partial charge < -0.3 is 20.6 Å². The molecule has 28 heavy (non-hydrogen) atoms. The Morgan fingerprint density at radius 3 is 2.50 bits per heavy atom. The van der Waals surface area contributed by atoms with E-state index < -0.39 is 11.7 Å². The lowest BCUT2D eigenvalue weighted by Gasteiger charge is -2.41. The van der Waals surface area contributed by atoms with Crippen molar-refractivity contribution in [3.8, 4) is 5.75 Å². The van der Waals surface area contributed by atoms with Crippen molar-refractivity contribution in [2.45, 2.75) is 31.1 Å². The van der Waals surface area contributed by atoms with Crippen LogP contribution in [0.1, 0.15) is 29.2 Å². The molecule has 2 aromatic carbocycles. The van der Waals surface area contributed by atoms with E-state index in [0.717, 1.165) is 30.5 Å². The number of rotatable bonds is 3. The fourth-order valence-electron chi connectivity index (χ4n) is 3.76. The van der Waals surface area contributed by atoms with E-state index >= 15 is 0 Å². The van der Waals surface area contributed by atoms with Crippen LogP contribution in [0.5, 0.6) is 5.75 Å². The molecule has 1 fully saturated rings. The molecule has 1 atom stereocenters. The highest BCUT2D eigenvalue weighted by atomic mass is 19.4. The molecule has 0 saturated carbocycles. The number of nitrogens with one attached hydrogen (secondary N) is 2. The SMILES string of the molecule is O=C(Nc1ccc(C(F)(F)F)cc1)N1CC(NC2CCc3cc(O)ccc32)C1. The van der Waals surface area contributed by atoms with Gasteiger partial charge in [0.2, 0.25) is 0 Å². The van der Waals surface area contributed by atoms with Crippen molar-refractivity contribution >= 4 is 11.7 Å². The monoisotopic (exact) mass is 391 g/mol. The minimum Gasteiger partial charge on any atom is -0.508 e. The molecule has 0 bridgehead atoms. The number of carbonyl (C=O) groups excluding carboxylic acids is 1. The number of alkyl halides is 3. The van der Waals surface area contributed by atoms with Gasteiger partial charge in [-0.15, -0.1) is 0 Å². The van der Waals surface area contributed by atoms with E-state index in [1.807, 2.05) is 6.07 Å². The second kappa shape index (κ2) is 7.01. The van der Waals surface area contributed by atoms with Gasteiger partial charge in [0.15, 0.2) is 0 Å². The summed E-state index contributed by atoms with van der Waals surface area (Å²) in [6.07, 6.45) is -2.53. The van der Waals surface area contributed by atoms with E-state index in [1.165, 1.54) is 17.7 Å². The van der Waals surface area contributed by atoms with Crippen LogP contribution in [0.4, 0.5) is 23.7 Å². The van der Waals surface area contributed by atoms with Crippen molar-refractivity contribution in [2.24, 2.45) is 0 Å². The van der Waals surface area contributed by atoms with Crippen molar-refractivity contribution in [1.29, 1.82) is 0 Å². The highest BCUT2D eigenvalue weighted by molar-refractivity contribution is 5.90. The summed E-state index contributed by atoms with van der Waals surface area (Å²) in [6.45, 7) is 1.08. The summed E-state index contributed by atoms with van der Waals surface area (Å²) in [5, 5.41) is 15.7. The second-order valence-corrected chi connectivity index (χ2v) is 7.25. The molecule has 5 nitrogen and oxygen atoms in total. The maximum absolute atomic E-state index is 12.6. The smallest absolute Gasteiger partial charge is 0.416 e. The zero-order valence-corrected chi connectivity index (χ0v) is 15.0. The molecule has 0 radical (unpaired) electrons. The Hall–Kier alpha value is -2.74. The van der Waals surface area contributed by atoms with Crippen molar-refractivity contribution in [1.82, 2.24) is 10.2 Å². The van der Waals surface area contributed by atoms with Gasteiger partial charge in [-0.1, -0.05) is 6.07 Å². The Balaban J connectivity index is 1.27. The first-order valence-electron chi connectivity index (χ1n) is 9.10. The first-order valence-corrected chi connectivity index (χ1v) is 9.10. The molecule has 3 N–H and O–H groups in total. The lowest BCUT2D eigenvalue weighted by molar-refractivity contribution is -0.137. The summed E-state index contributed by atoms with van der Waals surface area (Å²) >= 11 is 0. The zero-order valence-electron chi connectivity index (χ0n) is 15.0. The summed E-state index contributed by atoms with van der Waals surface area (Å²) in [6, 6.07) is 9.87. The van der Waals surface area contributed by atoms with E-state index in [0.29, 0.717) is 18.8 Å². The minimum atomic E-state index is -4.39. The molecule has 1 unspecified atom stereocenters. The lowest BCUT2D eigenvalue weighted by Crippen LogP contribution is -2.61. The summed E-state index contributed by atoms with van der Waals surface area (Å²) in [5.74, 6) is 0.272. The first kappa shape index (κ1) is 18.6. The van der Waals surface area contributed by atoms with E-state index in [1.54, 1.807) is 17.0 Å². The quantitative estimate of drug-likeness (QED) is 0.744. The molecule has 8 heteroatoms. The molecule has 0 aromatic heterocycles. The Morgan fingerprint density at radius 1 is 1.11 bits per heavy atom. The van der Waals surface area contributed by atoms with Crippen molar-refractivity contribution in [3.05, 3.63) is 59.2 Å². The molecule has 1 heterocycles. The number of carbonyl (C=O) groups is 1. The van der Waals surface area contributed by atoms with Crippen molar-refractivity contribution in [3.63, 3.8) is 0 Å². The van der Waals surface area contributed by atoms with Gasteiger partial charge >= 0.3 is 12.2 Å². The van der Waals surface area contributed by atoms with Crippen LogP contribution in [0, 0.1) is 0 Å². The number of hydrogen-bond acceptors (Lipinski definition) is 3. The summed E-state index contributed by atoms with van der Waals surface area (Å²) in [4.78, 5) is 13.8. The Kier molecular flexibility index (Phi) is 4.66. The molecule has 2 amide bonds. The van der Waals surface area contributed by atoms with E-state index in [9.17, 15) is 23.1 Å². The van der Waals surface area contributed by atoms with E-state index in [2.05, 4.69) is 10.6 Å². The minimum absolute atomic E-state index is 0.170. The highest BCUT2D eigenvalue weighted by Gasteiger charge is 2.34. The average Bonchev–Trinajstić information content (AvgIpc) is 2.99. The van der Waals surface area contributed by atoms with Crippen molar-refractivity contribution < 1.29 is 23.1 Å². The first-order chi connectivity index (χ1) is 13.3. The average molecular weight is 391 g/mol. The second-order valence-electron chi connectivity index (χ2n) is 7.25. The van der Waals surface area contributed by atoms with Gasteiger partial charge in [-0.3, -0.25) is 0 Å². The number of nitrogens with zero attached hydrogens (tertiary/aromatic N) is 1. The number of urea groups is 1. The normalized spacial score (nSPS) is 19.2. The molecular weight excluding hydrogens is 371 g/mol. The van der Waals surface area contributed by atoms with Crippen LogP contribution < -0.4 is 10.6 Å². The predicted octanol–water partition coefficient (Wildman–Crippen LogP) is 3.90. The maximum Gasteiger partial charge on any atom is 0.416 e. The largest absolute Gasteiger partial charge is 0.508 e. The van der Waals surface area contributed by atoms with Crippen LogP contribution >= 0.6 is 0 Å². The lowest BCUT2D eigenvalue weighted by atomic mass is 10.0. The molecule has 4 rings (SSSR count). The fraction of sp³-hybridized carbons (Fsp3) is 0.350. The zero-order chi connectivity index (χ0) is 19.9. The number of aromatic hydroxyl groups is 1. The van der Waals surface area contributed by atoms with Crippen molar-refractivity contribution in [2.75, 3.05) is 18.4 Å². The fourth-order valence-corrected chi connectivity index (χ4v) is 3.76. The summed E-state index contributed by atoms with van der Waals surface area (Å²) in [5.41, 5.74) is 1.92. The van der Waals surface area contributed by atoms with Gasteiger partial charge in [-0.2, -0.15) is 13.2 Å². The maximum atomic E-state index is 12.6. The highest BCUT2D eigenvalue weighted by Crippen LogP contribution is 2.34. The number of fused-ring (bicyclic) bond motifs is 1. The van der Waals surface area contributed by atoms with Gasteiger partial charge in [0.05, 0.1) is 5.56 Å². The third-order valence-electron chi connectivity index (χ3n) is 5.27. The van der Waals surface area contributed by atoms with Crippen LogP contribution in [0.15, 0.2) is 42.5 Å². The number of amides is 2. The number of phenols is 1. The molecule has 1 aliphatic heterocycles. The van der Waals surface area contributed by atoms with Gasteiger partial charge in [-0.25, -0.2) is 4.79 Å². The third kappa shape index (κ3) is 3.77. The number of aryl methyl sites for hydroxylation is 1. The number of likely N-dealkylation sites (tertiary alicyclic amines) is 1. The summed E-state index contributed by atoms with van der Waals surface area (Å²) in [7, 11) is 0. The van der Waals surface area contributed by atoms with E-state index in [4.69, 9.17) is 0 Å². The molecule has 1 saturated heterocycles. The number of halogens is 3. The standard InChI is InChI=1S/C20H20F3N3O2/c21-20(22,23)13-2-4-14(5-3-13)25-19(28)26-10-15(11-26)24-18-8-1-12-9-16(27)6-7-17(12)18/h2-7,9,15,18,24,27H,1,8,10-11H2,(H,25,28). The number of hydrogen-bond donors (Lipinski definition) is 3. The number of benzene rings is 2. The molecule has 2 aromatic rings. The van der Waals surface area contributed by atoms with Crippen LogP contribution in [-0.2, 0) is 12.6 Å². The Morgan fingerprint density at radius 2 is 1.82 bits per heavy atom. The Bertz CT molecular complexity index is 877. The van der Waals surface area contributed by atoms with Crippen LogP contribution in [0.25, 0.3) is 0 Å². The summed E-state index contributed by atoms with van der Waals surface area (Å²) < 4.78 is 37.7. The molecular formula is C20H20F3N3O2. The van der Waals surface area contributed by atoms with Gasteiger partial charge in [-0.05, 0) is 60.4 Å². The van der Waals surface area contributed by atoms with Crippen LogP contribution in [0.3, 0.4) is 0 Å². The molecule has 148 valence electrons. The van der Waals surface area contributed by atoms with Crippen LogP contribution in [-0.4, -0.2) is 35.2 Å². The number of anilines is 1. The Labute approximate surface area is 160 Å². The van der Waals surface area contributed by atoms with Gasteiger partial charge in [0.1, 0.15) is 5.75 Å². The predicted molar refractivity (Wildman–Crippen MR) is 98.1 cm³/mol. The topological polar surface area (TPSA) is 64.6 Å². The molecule has 0 spiro atoms. The molecule has 1 aliphatic carbocycles.